The Kier molecular flexibility index (Phi) is 10.0. The summed E-state index contributed by atoms with van der Waals surface area (Å²) in [6.07, 6.45) is -0.471. The van der Waals surface area contributed by atoms with Gasteiger partial charge in [-0.25, -0.2) is 4.79 Å². The highest BCUT2D eigenvalue weighted by Gasteiger charge is 2.47. The van der Waals surface area contributed by atoms with Crippen LogP contribution in [0, 0.1) is 5.41 Å². The van der Waals surface area contributed by atoms with E-state index in [0.29, 0.717) is 39.5 Å². The Balaban J connectivity index is 2.39. The number of hydrogen-bond acceptors (Lipinski definition) is 7. The second kappa shape index (κ2) is 11.7. The van der Waals surface area contributed by atoms with Crippen molar-refractivity contribution in [3.8, 4) is 0 Å². The van der Waals surface area contributed by atoms with E-state index < -0.39 is 23.1 Å². The largest absolute Gasteiger partial charge is 0.481 e. The molecule has 1 N–H and O–H groups in total. The van der Waals surface area contributed by atoms with Crippen molar-refractivity contribution in [3.05, 3.63) is 10.4 Å². The van der Waals surface area contributed by atoms with Gasteiger partial charge >= 0.3 is 12.1 Å². The van der Waals surface area contributed by atoms with Gasteiger partial charge < -0.3 is 29.0 Å². The lowest BCUT2D eigenvalue weighted by Crippen LogP contribution is -2.63. The Morgan fingerprint density at radius 1 is 1.11 bits per heavy atom. The fraction of sp³-hybridized carbons (Fsp3) is 0.882. The quantitative estimate of drug-likeness (QED) is 0.215. The zero-order valence-electron chi connectivity index (χ0n) is 16.8. The van der Waals surface area contributed by atoms with Gasteiger partial charge in [0, 0.05) is 24.5 Å². The number of azide groups is 1. The molecule has 0 radical (unpaired) electrons. The minimum absolute atomic E-state index is 0.0776. The van der Waals surface area contributed by atoms with E-state index in [1.807, 2.05) is 0 Å². The van der Waals surface area contributed by atoms with Gasteiger partial charge in [-0.05, 0) is 26.3 Å². The minimum atomic E-state index is -0.924. The molecule has 1 aliphatic rings. The van der Waals surface area contributed by atoms with Crippen molar-refractivity contribution in [2.75, 3.05) is 59.3 Å². The molecule has 0 spiro atoms. The van der Waals surface area contributed by atoms with Crippen molar-refractivity contribution in [2.24, 2.45) is 10.5 Å². The smallest absolute Gasteiger partial charge is 0.410 e. The molecule has 0 saturated carbocycles. The van der Waals surface area contributed by atoms with Gasteiger partial charge in [-0.2, -0.15) is 0 Å². The Bertz CT molecular complexity index is 552. The molecule has 0 unspecified atom stereocenters. The molecule has 0 atom stereocenters. The van der Waals surface area contributed by atoms with Crippen LogP contribution >= 0.6 is 0 Å². The lowest BCUT2D eigenvalue weighted by Gasteiger charge is -2.49. The number of ether oxygens (including phenoxy) is 4. The number of amides is 1. The highest BCUT2D eigenvalue weighted by Crippen LogP contribution is 2.32. The number of aliphatic carboxylic acids is 1. The summed E-state index contributed by atoms with van der Waals surface area (Å²) in [5.41, 5.74) is 7.19. The molecule has 0 aromatic carbocycles. The standard InChI is InChI=1S/C17H30N4O7/c1-16(2,3)28-15(24)21-10-17(11-21,12-26-6-4-14(22)23)13-27-9-8-25-7-5-19-20-18/h4-13H2,1-3H3,(H,22,23). The van der Waals surface area contributed by atoms with E-state index in [-0.39, 0.29) is 26.2 Å². The van der Waals surface area contributed by atoms with E-state index in [1.54, 1.807) is 25.7 Å². The van der Waals surface area contributed by atoms with Gasteiger partial charge in [-0.1, -0.05) is 5.11 Å². The van der Waals surface area contributed by atoms with Crippen LogP contribution in [-0.2, 0) is 23.7 Å². The molecular formula is C17H30N4O7. The molecule has 28 heavy (non-hydrogen) atoms. The molecule has 1 fully saturated rings. The molecule has 0 aromatic heterocycles. The molecule has 1 aliphatic heterocycles. The number of likely N-dealkylation sites (tertiary alicyclic amines) is 1. The maximum absolute atomic E-state index is 12.1. The first kappa shape index (κ1) is 24.0. The summed E-state index contributed by atoms with van der Waals surface area (Å²) in [6, 6.07) is 0. The minimum Gasteiger partial charge on any atom is -0.481 e. The van der Waals surface area contributed by atoms with E-state index in [0.717, 1.165) is 0 Å². The van der Waals surface area contributed by atoms with Gasteiger partial charge in [0.25, 0.3) is 0 Å². The number of carboxylic acids is 1. The lowest BCUT2D eigenvalue weighted by molar-refractivity contribution is -0.140. The summed E-state index contributed by atoms with van der Waals surface area (Å²) in [7, 11) is 0. The van der Waals surface area contributed by atoms with Crippen molar-refractivity contribution in [3.63, 3.8) is 0 Å². The summed E-state index contributed by atoms with van der Waals surface area (Å²) in [5.74, 6) is -0.924. The average Bonchev–Trinajstić information content (AvgIpc) is 2.55. The second-order valence-corrected chi connectivity index (χ2v) is 7.65. The highest BCUT2D eigenvalue weighted by molar-refractivity contribution is 5.69. The van der Waals surface area contributed by atoms with Gasteiger partial charge in [-0.3, -0.25) is 4.79 Å². The summed E-state index contributed by atoms with van der Waals surface area (Å²) in [4.78, 5) is 27.0. The van der Waals surface area contributed by atoms with Crippen molar-refractivity contribution < 1.29 is 33.6 Å². The number of hydrogen-bond donors (Lipinski definition) is 1. The summed E-state index contributed by atoms with van der Waals surface area (Å²) < 4.78 is 21.8. The van der Waals surface area contributed by atoms with Crippen LogP contribution < -0.4 is 0 Å². The average molecular weight is 402 g/mol. The molecule has 1 amide bonds. The van der Waals surface area contributed by atoms with Gasteiger partial charge in [0.2, 0.25) is 0 Å². The Hall–Kier alpha value is -2.07. The van der Waals surface area contributed by atoms with Crippen LogP contribution in [0.5, 0.6) is 0 Å². The zero-order valence-corrected chi connectivity index (χ0v) is 16.8. The first-order valence-electron chi connectivity index (χ1n) is 9.11. The molecule has 1 rings (SSSR count). The number of nitrogens with zero attached hydrogens (tertiary/aromatic N) is 4. The third kappa shape index (κ3) is 9.75. The van der Waals surface area contributed by atoms with Crippen molar-refractivity contribution in [2.45, 2.75) is 32.8 Å². The number of rotatable bonds is 13. The van der Waals surface area contributed by atoms with E-state index in [9.17, 15) is 9.59 Å². The van der Waals surface area contributed by atoms with Crippen LogP contribution in [0.1, 0.15) is 27.2 Å². The van der Waals surface area contributed by atoms with E-state index in [2.05, 4.69) is 10.0 Å². The first-order chi connectivity index (χ1) is 13.2. The highest BCUT2D eigenvalue weighted by atomic mass is 16.6. The molecule has 0 bridgehead atoms. The normalized spacial score (nSPS) is 15.5. The topological polar surface area (TPSA) is 143 Å². The fourth-order valence-electron chi connectivity index (χ4n) is 2.55. The first-order valence-corrected chi connectivity index (χ1v) is 9.11. The lowest BCUT2D eigenvalue weighted by atomic mass is 9.81. The van der Waals surface area contributed by atoms with Crippen LogP contribution in [0.3, 0.4) is 0 Å². The predicted molar refractivity (Wildman–Crippen MR) is 99.0 cm³/mol. The summed E-state index contributed by atoms with van der Waals surface area (Å²) >= 11 is 0. The molecule has 0 aliphatic carbocycles. The maximum atomic E-state index is 12.1. The van der Waals surface area contributed by atoms with Gasteiger partial charge in [0.05, 0.1) is 51.5 Å². The second-order valence-electron chi connectivity index (χ2n) is 7.65. The van der Waals surface area contributed by atoms with Crippen LogP contribution in [-0.4, -0.2) is 86.9 Å². The number of carbonyl (C=O) groups excluding carboxylic acids is 1. The Morgan fingerprint density at radius 2 is 1.71 bits per heavy atom. The van der Waals surface area contributed by atoms with Gasteiger partial charge in [-0.15, -0.1) is 0 Å². The summed E-state index contributed by atoms with van der Waals surface area (Å²) in [5, 5.41) is 12.1. The molecule has 1 saturated heterocycles. The van der Waals surface area contributed by atoms with E-state index in [4.69, 9.17) is 29.6 Å². The Labute approximate surface area is 164 Å². The van der Waals surface area contributed by atoms with Gasteiger partial charge in [0.1, 0.15) is 5.60 Å². The molecule has 0 aromatic rings. The van der Waals surface area contributed by atoms with E-state index in [1.165, 1.54) is 0 Å². The molecule has 160 valence electrons. The van der Waals surface area contributed by atoms with Crippen LogP contribution in [0.15, 0.2) is 5.11 Å². The Morgan fingerprint density at radius 3 is 2.29 bits per heavy atom. The third-order valence-corrected chi connectivity index (χ3v) is 3.75. The number of carboxylic acid groups (broad SMARTS) is 1. The van der Waals surface area contributed by atoms with Gasteiger partial charge in [0.15, 0.2) is 0 Å². The van der Waals surface area contributed by atoms with Crippen molar-refractivity contribution >= 4 is 12.1 Å². The number of carbonyl (C=O) groups is 2. The maximum Gasteiger partial charge on any atom is 0.410 e. The van der Waals surface area contributed by atoms with E-state index >= 15 is 0 Å². The third-order valence-electron chi connectivity index (χ3n) is 3.75. The van der Waals surface area contributed by atoms with Crippen LogP contribution in [0.4, 0.5) is 4.79 Å². The monoisotopic (exact) mass is 402 g/mol. The molecule has 1 heterocycles. The molecule has 11 nitrogen and oxygen atoms in total. The van der Waals surface area contributed by atoms with Crippen molar-refractivity contribution in [1.82, 2.24) is 4.90 Å². The fourth-order valence-corrected chi connectivity index (χ4v) is 2.55. The SMILES string of the molecule is CC(C)(C)OC(=O)N1CC(COCCOCCN=[N+]=[N-])(COCCC(=O)O)C1. The van der Waals surface area contributed by atoms with Crippen LogP contribution in [0.2, 0.25) is 0 Å². The van der Waals surface area contributed by atoms with Crippen molar-refractivity contribution in [1.29, 1.82) is 0 Å². The van der Waals surface area contributed by atoms with Crippen LogP contribution in [0.25, 0.3) is 10.4 Å². The zero-order chi connectivity index (χ0) is 21.0. The summed E-state index contributed by atoms with van der Waals surface area (Å²) in [6.45, 7) is 8.26. The predicted octanol–water partition coefficient (Wildman–Crippen LogP) is 2.06. The molecular weight excluding hydrogens is 372 g/mol. The molecule has 11 heteroatoms.